The molecule has 1 aromatic heterocycles. The lowest BCUT2D eigenvalue weighted by Crippen LogP contribution is -2.33. The second-order valence-electron chi connectivity index (χ2n) is 7.30. The van der Waals surface area contributed by atoms with E-state index in [4.69, 9.17) is 16.7 Å². The van der Waals surface area contributed by atoms with Crippen LogP contribution in [0, 0.1) is 39.8 Å². The molecule has 1 aliphatic rings. The van der Waals surface area contributed by atoms with Gasteiger partial charge in [-0.2, -0.15) is 10.5 Å². The van der Waals surface area contributed by atoms with Crippen LogP contribution in [0.4, 0.5) is 23.0 Å². The predicted octanol–water partition coefficient (Wildman–Crippen LogP) is 2.94. The normalized spacial score (nSPS) is 14.2. The minimum atomic E-state index is -1.02. The summed E-state index contributed by atoms with van der Waals surface area (Å²) in [4.78, 5) is 20.0. The quantitative estimate of drug-likeness (QED) is 0.205. The number of fused-ring (bicyclic) bond motifs is 1. The zero-order valence-electron chi connectivity index (χ0n) is 17.3. The number of nitrogens with one attached hydrogen (secondary N) is 2. The van der Waals surface area contributed by atoms with Crippen LogP contribution in [0.1, 0.15) is 28.3 Å². The third-order valence-electron chi connectivity index (χ3n) is 5.26. The van der Waals surface area contributed by atoms with Crippen molar-refractivity contribution in [2.75, 3.05) is 16.8 Å². The van der Waals surface area contributed by atoms with Crippen LogP contribution >= 0.6 is 0 Å². The average Bonchev–Trinajstić information content (AvgIpc) is 2.79. The molecule has 0 saturated heterocycles. The van der Waals surface area contributed by atoms with Gasteiger partial charge in [0.1, 0.15) is 29.3 Å². The number of nitriles is 2. The first-order chi connectivity index (χ1) is 15.8. The van der Waals surface area contributed by atoms with Gasteiger partial charge in [0.25, 0.3) is 5.69 Å². The number of aliphatic imine (C=N–C) groups is 1. The molecule has 0 bridgehead atoms. The maximum absolute atomic E-state index is 11.9. The minimum absolute atomic E-state index is 0.00675. The Labute approximate surface area is 188 Å². The van der Waals surface area contributed by atoms with Crippen LogP contribution in [-0.2, 0) is 0 Å². The van der Waals surface area contributed by atoms with Crippen LogP contribution in [0.2, 0.25) is 0 Å². The Morgan fingerprint density at radius 2 is 1.85 bits per heavy atom. The number of benzene rings is 2. The van der Waals surface area contributed by atoms with E-state index < -0.39 is 11.0 Å². The Morgan fingerprint density at radius 3 is 2.48 bits per heavy atom. The fraction of sp³-hybridized carbons (Fsp3) is 0.0909. The number of pyridine rings is 1. The lowest BCUT2D eigenvalue weighted by atomic mass is 9.91. The van der Waals surface area contributed by atoms with Gasteiger partial charge in [0.2, 0.25) is 5.96 Å². The number of anilines is 3. The number of guanidine groups is 1. The summed E-state index contributed by atoms with van der Waals surface area (Å²) < 4.78 is 0. The van der Waals surface area contributed by atoms with Crippen molar-refractivity contribution in [1.29, 1.82) is 10.5 Å². The molecule has 1 unspecified atom stereocenters. The lowest BCUT2D eigenvalue weighted by molar-refractivity contribution is -0.385. The van der Waals surface area contributed by atoms with Crippen molar-refractivity contribution in [3.05, 3.63) is 74.8 Å². The Bertz CT molecular complexity index is 1400. The van der Waals surface area contributed by atoms with Crippen molar-refractivity contribution in [3.8, 4) is 23.4 Å². The molecule has 1 aliphatic heterocycles. The number of rotatable bonds is 3. The van der Waals surface area contributed by atoms with Gasteiger partial charge in [-0.1, -0.05) is 29.8 Å². The third-order valence-corrected chi connectivity index (χ3v) is 5.26. The number of nitrogens with zero attached hydrogens (tertiary/aromatic N) is 5. The van der Waals surface area contributed by atoms with E-state index in [1.165, 1.54) is 6.07 Å². The number of aromatic nitrogens is 1. The van der Waals surface area contributed by atoms with E-state index in [1.807, 2.05) is 37.3 Å². The summed E-state index contributed by atoms with van der Waals surface area (Å²) in [5.74, 6) is 0.0546. The molecule has 162 valence electrons. The summed E-state index contributed by atoms with van der Waals surface area (Å²) in [5.41, 5.74) is 15.0. The summed E-state index contributed by atoms with van der Waals surface area (Å²) in [6, 6.07) is 13.3. The van der Waals surface area contributed by atoms with Crippen molar-refractivity contribution in [1.82, 2.24) is 10.3 Å². The Morgan fingerprint density at radius 1 is 1.15 bits per heavy atom. The highest BCUT2D eigenvalue weighted by Gasteiger charge is 2.33. The van der Waals surface area contributed by atoms with Crippen molar-refractivity contribution < 1.29 is 4.92 Å². The molecule has 0 amide bonds. The summed E-state index contributed by atoms with van der Waals surface area (Å²) in [7, 11) is 0. The maximum atomic E-state index is 11.9. The number of hydrogen-bond donors (Lipinski definition) is 4. The smallest absolute Gasteiger partial charge is 0.275 e. The van der Waals surface area contributed by atoms with Crippen LogP contribution in [0.15, 0.2) is 47.5 Å². The summed E-state index contributed by atoms with van der Waals surface area (Å²) in [6.07, 6.45) is 1.75. The first-order valence-electron chi connectivity index (χ1n) is 9.68. The zero-order chi connectivity index (χ0) is 23.7. The van der Waals surface area contributed by atoms with E-state index in [9.17, 15) is 15.4 Å². The summed E-state index contributed by atoms with van der Waals surface area (Å²) >= 11 is 0. The molecule has 0 fully saturated rings. The Hall–Kier alpha value is -5.16. The molecule has 11 heteroatoms. The molecule has 2 heterocycles. The number of nitro benzene ring substituents is 1. The van der Waals surface area contributed by atoms with Gasteiger partial charge < -0.3 is 16.8 Å². The minimum Gasteiger partial charge on any atom is -0.397 e. The SMILES string of the molecule is Cc1ccc(-c2ccc([N+](=O)[O-])c(C3N=C(NC#N)Nc4nc(N)c(C#N)c(N)c43)c2)cc1. The van der Waals surface area contributed by atoms with Crippen molar-refractivity contribution in [3.63, 3.8) is 0 Å². The topological polar surface area (TPSA) is 192 Å². The summed E-state index contributed by atoms with van der Waals surface area (Å²) in [6.45, 7) is 1.96. The van der Waals surface area contributed by atoms with Gasteiger partial charge in [-0.3, -0.25) is 15.4 Å². The largest absolute Gasteiger partial charge is 0.397 e. The van der Waals surface area contributed by atoms with E-state index in [0.717, 1.165) is 16.7 Å². The molecule has 0 radical (unpaired) electrons. The molecule has 1 atom stereocenters. The molecule has 2 aromatic carbocycles. The fourth-order valence-corrected chi connectivity index (χ4v) is 3.67. The second kappa shape index (κ2) is 8.17. The van der Waals surface area contributed by atoms with E-state index >= 15 is 0 Å². The highest BCUT2D eigenvalue weighted by molar-refractivity contribution is 5.98. The van der Waals surface area contributed by atoms with Gasteiger partial charge in [-0.15, -0.1) is 0 Å². The van der Waals surface area contributed by atoms with Crippen molar-refractivity contribution in [2.24, 2.45) is 4.99 Å². The van der Waals surface area contributed by atoms with Crippen molar-refractivity contribution in [2.45, 2.75) is 13.0 Å². The summed E-state index contributed by atoms with van der Waals surface area (Å²) in [5, 5.41) is 35.6. The van der Waals surface area contributed by atoms with Gasteiger partial charge in [0, 0.05) is 11.6 Å². The van der Waals surface area contributed by atoms with E-state index in [-0.39, 0.29) is 45.7 Å². The fourth-order valence-electron chi connectivity index (χ4n) is 3.67. The number of aryl methyl sites for hydroxylation is 1. The predicted molar refractivity (Wildman–Crippen MR) is 123 cm³/mol. The Kier molecular flexibility index (Phi) is 5.22. The lowest BCUT2D eigenvalue weighted by Gasteiger charge is -2.26. The molecule has 4 rings (SSSR count). The van der Waals surface area contributed by atoms with Crippen LogP contribution in [0.3, 0.4) is 0 Å². The first-order valence-corrected chi connectivity index (χ1v) is 9.68. The molecule has 33 heavy (non-hydrogen) atoms. The number of hydrogen-bond acceptors (Lipinski definition) is 10. The monoisotopic (exact) mass is 439 g/mol. The Balaban J connectivity index is 2.00. The molecule has 0 spiro atoms. The molecule has 11 nitrogen and oxygen atoms in total. The van der Waals surface area contributed by atoms with E-state index in [0.29, 0.717) is 0 Å². The standard InChI is InChI=1S/C22H17N9O2/c1-11-2-4-12(5-3-11)13-6-7-16(31(32)33)14(8-13)19-17-18(25)15(9-23)20(26)29-21(17)30-22(28-19)27-10-24/h2-8,19H,1H3,(H6,25,26,27,28,29,30). The second-order valence-corrected chi connectivity index (χ2v) is 7.30. The molecule has 0 saturated carbocycles. The number of nitrogen functional groups attached to an aromatic ring is 2. The van der Waals surface area contributed by atoms with E-state index in [1.54, 1.807) is 18.3 Å². The highest BCUT2D eigenvalue weighted by atomic mass is 16.6. The zero-order valence-corrected chi connectivity index (χ0v) is 17.3. The molecular weight excluding hydrogens is 422 g/mol. The highest BCUT2D eigenvalue weighted by Crippen LogP contribution is 2.44. The van der Waals surface area contributed by atoms with Gasteiger partial charge >= 0.3 is 0 Å². The van der Waals surface area contributed by atoms with Gasteiger partial charge in [-0.25, -0.2) is 9.98 Å². The van der Waals surface area contributed by atoms with Gasteiger partial charge in [-0.05, 0) is 30.2 Å². The average molecular weight is 439 g/mol. The maximum Gasteiger partial charge on any atom is 0.275 e. The first kappa shape index (κ1) is 21.1. The molecule has 0 aliphatic carbocycles. The van der Waals surface area contributed by atoms with Crippen LogP contribution in [0.25, 0.3) is 11.1 Å². The molecule has 6 N–H and O–H groups in total. The van der Waals surface area contributed by atoms with Gasteiger partial charge in [0.05, 0.1) is 16.2 Å². The third kappa shape index (κ3) is 3.71. The van der Waals surface area contributed by atoms with Crippen LogP contribution in [0.5, 0.6) is 0 Å². The van der Waals surface area contributed by atoms with Crippen LogP contribution in [-0.4, -0.2) is 15.9 Å². The molecular formula is C22H17N9O2. The van der Waals surface area contributed by atoms with Crippen molar-refractivity contribution >= 4 is 29.0 Å². The van der Waals surface area contributed by atoms with Crippen LogP contribution < -0.4 is 22.1 Å². The number of nitrogens with two attached hydrogens (primary N) is 2. The number of nitro groups is 1. The molecule has 3 aromatic rings. The van der Waals surface area contributed by atoms with E-state index in [2.05, 4.69) is 20.6 Å². The van der Waals surface area contributed by atoms with Gasteiger partial charge in [0.15, 0.2) is 6.19 Å².